The van der Waals surface area contributed by atoms with Crippen LogP contribution in [-0.4, -0.2) is 48.2 Å². The average Bonchev–Trinajstić information content (AvgIpc) is 2.90. The van der Waals surface area contributed by atoms with Crippen LogP contribution < -0.4 is 5.32 Å². The van der Waals surface area contributed by atoms with Gasteiger partial charge in [-0.1, -0.05) is 37.6 Å². The minimum absolute atomic E-state index is 0.0933. The molecular formula is C17H26ClN3O. The highest BCUT2D eigenvalue weighted by molar-refractivity contribution is 6.30. The van der Waals surface area contributed by atoms with Crippen LogP contribution in [0.1, 0.15) is 32.8 Å². The van der Waals surface area contributed by atoms with Gasteiger partial charge in [-0.2, -0.15) is 0 Å². The normalized spacial score (nSPS) is 19.6. The molecule has 1 saturated heterocycles. The van der Waals surface area contributed by atoms with Crippen molar-refractivity contribution in [2.24, 2.45) is 4.99 Å². The number of halogens is 1. The lowest BCUT2D eigenvalue weighted by molar-refractivity contribution is 0.187. The third kappa shape index (κ3) is 4.37. The van der Waals surface area contributed by atoms with Gasteiger partial charge in [0.05, 0.1) is 12.6 Å². The first-order valence-corrected chi connectivity index (χ1v) is 8.27. The summed E-state index contributed by atoms with van der Waals surface area (Å²) in [6, 6.07) is 7.96. The molecule has 1 aromatic rings. The molecule has 1 aromatic carbocycles. The molecule has 0 aliphatic carbocycles. The Balaban J connectivity index is 2.11. The number of guanidine groups is 1. The fourth-order valence-electron chi connectivity index (χ4n) is 2.63. The minimum atomic E-state index is -0.246. The van der Waals surface area contributed by atoms with Crippen molar-refractivity contribution in [3.05, 3.63) is 34.9 Å². The molecule has 1 atom stereocenters. The maximum absolute atomic E-state index is 9.71. The van der Waals surface area contributed by atoms with E-state index < -0.39 is 0 Å². The lowest BCUT2D eigenvalue weighted by atomic mass is 9.85. The summed E-state index contributed by atoms with van der Waals surface area (Å²) in [5.41, 5.74) is 1.09. The Bertz CT molecular complexity index is 530. The number of β-amino-alcohol motifs (C(OH)–C–C–N with tert-alkyl or cyclic N) is 1. The predicted octanol–water partition coefficient (Wildman–Crippen LogP) is 2.65. The molecule has 0 bridgehead atoms. The highest BCUT2D eigenvalue weighted by atomic mass is 35.5. The van der Waals surface area contributed by atoms with Crippen molar-refractivity contribution in [1.29, 1.82) is 0 Å². The maximum atomic E-state index is 9.71. The molecule has 1 heterocycles. The van der Waals surface area contributed by atoms with Crippen LogP contribution in [0.3, 0.4) is 0 Å². The molecule has 2 rings (SSSR count). The molecule has 0 amide bonds. The van der Waals surface area contributed by atoms with Crippen LogP contribution in [0.15, 0.2) is 29.3 Å². The fourth-order valence-corrected chi connectivity index (χ4v) is 2.82. The number of benzene rings is 1. The van der Waals surface area contributed by atoms with Crippen LogP contribution in [0.4, 0.5) is 0 Å². The minimum Gasteiger partial charge on any atom is -0.391 e. The third-order valence-electron chi connectivity index (χ3n) is 4.03. The van der Waals surface area contributed by atoms with Crippen molar-refractivity contribution in [2.75, 3.05) is 26.2 Å². The van der Waals surface area contributed by atoms with E-state index in [1.54, 1.807) is 0 Å². The summed E-state index contributed by atoms with van der Waals surface area (Å²) in [6.45, 7) is 9.40. The van der Waals surface area contributed by atoms with Crippen LogP contribution in [0.25, 0.3) is 0 Å². The van der Waals surface area contributed by atoms with Gasteiger partial charge in [0.25, 0.3) is 0 Å². The first kappa shape index (κ1) is 17.1. The van der Waals surface area contributed by atoms with Gasteiger partial charge in [-0.15, -0.1) is 0 Å². The molecular weight excluding hydrogens is 298 g/mol. The molecule has 4 nitrogen and oxygen atoms in total. The summed E-state index contributed by atoms with van der Waals surface area (Å²) < 4.78 is 0. The quantitative estimate of drug-likeness (QED) is 0.661. The molecule has 122 valence electrons. The van der Waals surface area contributed by atoms with Crippen molar-refractivity contribution in [3.8, 4) is 0 Å². The summed E-state index contributed by atoms with van der Waals surface area (Å²) >= 11 is 6.10. The van der Waals surface area contributed by atoms with E-state index >= 15 is 0 Å². The standard InChI is InChI=1S/C17H26ClN3O/c1-4-19-16(21-9-8-15(22)11-21)20-12-17(2,3)13-6-5-7-14(18)10-13/h5-7,10,15,22H,4,8-9,11-12H2,1-3H3,(H,19,20)/t15-/m1/s1. The number of hydrogen-bond acceptors (Lipinski definition) is 2. The van der Waals surface area contributed by atoms with E-state index in [1.807, 2.05) is 18.2 Å². The molecule has 0 unspecified atom stereocenters. The Kier molecular flexibility index (Phi) is 5.70. The summed E-state index contributed by atoms with van der Waals surface area (Å²) in [4.78, 5) is 6.91. The van der Waals surface area contributed by atoms with E-state index in [1.165, 1.54) is 5.56 Å². The third-order valence-corrected chi connectivity index (χ3v) is 4.26. The Morgan fingerprint density at radius 3 is 2.86 bits per heavy atom. The van der Waals surface area contributed by atoms with E-state index in [2.05, 4.69) is 37.1 Å². The van der Waals surface area contributed by atoms with E-state index in [0.29, 0.717) is 13.1 Å². The van der Waals surface area contributed by atoms with Crippen molar-refractivity contribution in [2.45, 2.75) is 38.7 Å². The van der Waals surface area contributed by atoms with Gasteiger partial charge in [-0.05, 0) is 31.0 Å². The van der Waals surface area contributed by atoms with Crippen LogP contribution in [0.2, 0.25) is 5.02 Å². The van der Waals surface area contributed by atoms with E-state index in [9.17, 15) is 5.11 Å². The van der Waals surface area contributed by atoms with Crippen LogP contribution in [-0.2, 0) is 5.41 Å². The van der Waals surface area contributed by atoms with E-state index in [0.717, 1.165) is 30.5 Å². The molecule has 0 saturated carbocycles. The zero-order valence-electron chi connectivity index (χ0n) is 13.6. The van der Waals surface area contributed by atoms with Crippen LogP contribution >= 0.6 is 11.6 Å². The molecule has 0 radical (unpaired) electrons. The second-order valence-corrected chi connectivity index (χ2v) is 6.89. The van der Waals surface area contributed by atoms with Gasteiger partial charge in [0.15, 0.2) is 5.96 Å². The summed E-state index contributed by atoms with van der Waals surface area (Å²) in [5.74, 6) is 0.883. The fraction of sp³-hybridized carbons (Fsp3) is 0.588. The van der Waals surface area contributed by atoms with Gasteiger partial charge >= 0.3 is 0 Å². The zero-order chi connectivity index (χ0) is 16.2. The number of hydrogen-bond donors (Lipinski definition) is 2. The Labute approximate surface area is 138 Å². The largest absolute Gasteiger partial charge is 0.391 e. The van der Waals surface area contributed by atoms with Gasteiger partial charge in [-0.3, -0.25) is 4.99 Å². The predicted molar refractivity (Wildman–Crippen MR) is 92.7 cm³/mol. The first-order valence-electron chi connectivity index (χ1n) is 7.90. The van der Waals surface area contributed by atoms with Gasteiger partial charge < -0.3 is 15.3 Å². The Morgan fingerprint density at radius 2 is 2.27 bits per heavy atom. The van der Waals surface area contributed by atoms with Crippen LogP contribution in [0.5, 0.6) is 0 Å². The van der Waals surface area contributed by atoms with Crippen molar-refractivity contribution in [3.63, 3.8) is 0 Å². The van der Waals surface area contributed by atoms with Crippen molar-refractivity contribution in [1.82, 2.24) is 10.2 Å². The lowest BCUT2D eigenvalue weighted by Crippen LogP contribution is -2.41. The Morgan fingerprint density at radius 1 is 1.50 bits per heavy atom. The molecule has 1 aliphatic heterocycles. The summed E-state index contributed by atoms with van der Waals surface area (Å²) in [7, 11) is 0. The second-order valence-electron chi connectivity index (χ2n) is 6.45. The van der Waals surface area contributed by atoms with Gasteiger partial charge in [0, 0.05) is 30.1 Å². The number of aliphatic hydroxyl groups is 1. The van der Waals surface area contributed by atoms with Crippen molar-refractivity contribution < 1.29 is 5.11 Å². The average molecular weight is 324 g/mol. The highest BCUT2D eigenvalue weighted by Gasteiger charge is 2.25. The van der Waals surface area contributed by atoms with Gasteiger partial charge in [-0.25, -0.2) is 0 Å². The number of nitrogens with one attached hydrogen (secondary N) is 1. The monoisotopic (exact) mass is 323 g/mol. The number of aliphatic imine (C=N–C) groups is 1. The molecule has 1 aliphatic rings. The zero-order valence-corrected chi connectivity index (χ0v) is 14.4. The number of aliphatic hydroxyl groups excluding tert-OH is 1. The Hall–Kier alpha value is -1.26. The van der Waals surface area contributed by atoms with Crippen LogP contribution in [0, 0.1) is 0 Å². The summed E-state index contributed by atoms with van der Waals surface area (Å²) in [6.07, 6.45) is 0.562. The molecule has 22 heavy (non-hydrogen) atoms. The van der Waals surface area contributed by atoms with E-state index in [4.69, 9.17) is 16.6 Å². The van der Waals surface area contributed by atoms with Gasteiger partial charge in [0.2, 0.25) is 0 Å². The molecule has 0 spiro atoms. The molecule has 1 fully saturated rings. The van der Waals surface area contributed by atoms with Crippen molar-refractivity contribution >= 4 is 17.6 Å². The number of likely N-dealkylation sites (tertiary alicyclic amines) is 1. The number of nitrogens with zero attached hydrogens (tertiary/aromatic N) is 2. The summed E-state index contributed by atoms with van der Waals surface area (Å²) in [5, 5.41) is 13.8. The smallest absolute Gasteiger partial charge is 0.194 e. The first-order chi connectivity index (χ1) is 10.4. The SMILES string of the molecule is CCNC(=NCC(C)(C)c1cccc(Cl)c1)N1CC[C@@H](O)C1. The maximum Gasteiger partial charge on any atom is 0.194 e. The second kappa shape index (κ2) is 7.34. The van der Waals surface area contributed by atoms with E-state index in [-0.39, 0.29) is 11.5 Å². The molecule has 5 heteroatoms. The van der Waals surface area contributed by atoms with Gasteiger partial charge in [0.1, 0.15) is 0 Å². The lowest BCUT2D eigenvalue weighted by Gasteiger charge is -2.26. The topological polar surface area (TPSA) is 47.9 Å². The molecule has 0 aromatic heterocycles. The molecule has 2 N–H and O–H groups in total. The highest BCUT2D eigenvalue weighted by Crippen LogP contribution is 2.26. The number of rotatable bonds is 4.